The Morgan fingerprint density at radius 3 is 2.53 bits per heavy atom. The van der Waals surface area contributed by atoms with Crippen molar-refractivity contribution in [1.82, 2.24) is 20.1 Å². The monoisotopic (exact) mass is 437 g/mol. The molecule has 0 spiro atoms. The molecule has 2 aliphatic heterocycles. The van der Waals surface area contributed by atoms with E-state index in [1.165, 1.54) is 32.0 Å². The van der Waals surface area contributed by atoms with Crippen molar-refractivity contribution in [3.8, 4) is 5.75 Å². The Kier molecular flexibility index (Phi) is 7.27. The molecule has 0 unspecified atom stereocenters. The van der Waals surface area contributed by atoms with E-state index in [9.17, 15) is 9.90 Å². The van der Waals surface area contributed by atoms with Crippen LogP contribution in [0.3, 0.4) is 0 Å². The molecule has 2 N–H and O–H groups in total. The maximum atomic E-state index is 12.5. The number of nitrogens with zero attached hydrogens (tertiary/aromatic N) is 4. The van der Waals surface area contributed by atoms with Gasteiger partial charge in [0.15, 0.2) is 11.6 Å². The fourth-order valence-electron chi connectivity index (χ4n) is 4.82. The normalized spacial score (nSPS) is 18.6. The van der Waals surface area contributed by atoms with Crippen LogP contribution in [0.1, 0.15) is 41.3 Å². The molecule has 7 nitrogen and oxygen atoms in total. The quantitative estimate of drug-likeness (QED) is 0.724. The third kappa shape index (κ3) is 5.40. The largest absolute Gasteiger partial charge is 0.504 e. The predicted octanol–water partition coefficient (Wildman–Crippen LogP) is 2.63. The molecule has 0 bridgehead atoms. The predicted molar refractivity (Wildman–Crippen MR) is 127 cm³/mol. The number of carbonyl (C=O) groups excluding carboxylic acids is 1. The van der Waals surface area contributed by atoms with Gasteiger partial charge in [-0.3, -0.25) is 9.69 Å². The Hall–Kier alpha value is -2.64. The number of pyridine rings is 1. The van der Waals surface area contributed by atoms with E-state index in [0.29, 0.717) is 24.0 Å². The molecule has 1 aromatic carbocycles. The Morgan fingerprint density at radius 1 is 1.12 bits per heavy atom. The van der Waals surface area contributed by atoms with Gasteiger partial charge in [0, 0.05) is 45.0 Å². The van der Waals surface area contributed by atoms with Crippen LogP contribution in [0.4, 0.5) is 5.82 Å². The van der Waals surface area contributed by atoms with Gasteiger partial charge in [-0.15, -0.1) is 0 Å². The number of anilines is 1. The van der Waals surface area contributed by atoms with Crippen molar-refractivity contribution in [2.24, 2.45) is 0 Å². The Bertz CT molecular complexity index is 918. The minimum Gasteiger partial charge on any atom is -0.504 e. The van der Waals surface area contributed by atoms with Crippen LogP contribution in [0.2, 0.25) is 0 Å². The van der Waals surface area contributed by atoms with E-state index in [-0.39, 0.29) is 11.7 Å². The van der Waals surface area contributed by atoms with E-state index in [0.717, 1.165) is 43.9 Å². The summed E-state index contributed by atoms with van der Waals surface area (Å²) in [5.41, 5.74) is 2.58. The molecule has 0 atom stereocenters. The zero-order chi connectivity index (χ0) is 22.5. The summed E-state index contributed by atoms with van der Waals surface area (Å²) in [7, 11) is 0. The van der Waals surface area contributed by atoms with E-state index in [4.69, 9.17) is 0 Å². The van der Waals surface area contributed by atoms with Crippen LogP contribution in [-0.4, -0.2) is 77.7 Å². The van der Waals surface area contributed by atoms with Crippen molar-refractivity contribution in [1.29, 1.82) is 0 Å². The first-order valence-corrected chi connectivity index (χ1v) is 11.8. The van der Waals surface area contributed by atoms with E-state index in [1.807, 2.05) is 31.2 Å². The second-order valence-corrected chi connectivity index (χ2v) is 8.93. The highest BCUT2D eigenvalue weighted by Crippen LogP contribution is 2.27. The number of aryl methyl sites for hydroxylation is 1. The molecule has 2 aromatic rings. The Labute approximate surface area is 191 Å². The number of piperidine rings is 1. The van der Waals surface area contributed by atoms with Crippen molar-refractivity contribution in [3.05, 3.63) is 53.2 Å². The number of hydrogen-bond acceptors (Lipinski definition) is 6. The van der Waals surface area contributed by atoms with Gasteiger partial charge in [-0.25, -0.2) is 4.98 Å². The molecular formula is C25H35N5O2. The molecule has 0 saturated carbocycles. The van der Waals surface area contributed by atoms with Crippen molar-refractivity contribution in [2.45, 2.75) is 39.3 Å². The first-order valence-electron chi connectivity index (χ1n) is 11.8. The first kappa shape index (κ1) is 22.6. The van der Waals surface area contributed by atoms with E-state index >= 15 is 0 Å². The number of amides is 1. The van der Waals surface area contributed by atoms with Crippen LogP contribution < -0.4 is 10.2 Å². The highest BCUT2D eigenvalue weighted by atomic mass is 16.3. The lowest BCUT2D eigenvalue weighted by Gasteiger charge is -2.43. The van der Waals surface area contributed by atoms with Crippen LogP contribution in [0.25, 0.3) is 0 Å². The van der Waals surface area contributed by atoms with Crippen LogP contribution in [0, 0.1) is 6.92 Å². The lowest BCUT2D eigenvalue weighted by atomic mass is 10.0. The summed E-state index contributed by atoms with van der Waals surface area (Å²) in [6, 6.07) is 10.2. The van der Waals surface area contributed by atoms with E-state index in [2.05, 4.69) is 31.9 Å². The molecule has 172 valence electrons. The third-order valence-corrected chi connectivity index (χ3v) is 6.78. The topological polar surface area (TPSA) is 71.9 Å². The molecule has 1 aromatic heterocycles. The van der Waals surface area contributed by atoms with Gasteiger partial charge in [0.2, 0.25) is 0 Å². The average Bonchev–Trinajstić information content (AvgIpc) is 2.83. The van der Waals surface area contributed by atoms with Crippen LogP contribution in [0.15, 0.2) is 36.5 Å². The average molecular weight is 438 g/mol. The van der Waals surface area contributed by atoms with E-state index < -0.39 is 0 Å². The van der Waals surface area contributed by atoms with E-state index in [1.54, 1.807) is 6.20 Å². The number of piperazine rings is 1. The number of aromatic nitrogens is 1. The van der Waals surface area contributed by atoms with Gasteiger partial charge < -0.3 is 20.2 Å². The minimum absolute atomic E-state index is 0.0675. The maximum Gasteiger partial charge on any atom is 0.253 e. The van der Waals surface area contributed by atoms with Gasteiger partial charge in [-0.1, -0.05) is 36.8 Å². The fourth-order valence-corrected chi connectivity index (χ4v) is 4.82. The number of carbonyl (C=O) groups is 1. The molecule has 2 fully saturated rings. The standard InChI is InChI=1S/C25H35N5O2/c1-3-28-9-7-22(8-10-28)29-11-13-30(14-12-29)24-23(31)16-21(18-26-24)25(32)27-17-20-6-4-5-19(2)15-20/h4-6,15-16,18,22,31H,3,7-14,17H2,1-2H3,(H,27,32). The summed E-state index contributed by atoms with van der Waals surface area (Å²) in [5.74, 6) is 0.405. The molecule has 4 rings (SSSR count). The summed E-state index contributed by atoms with van der Waals surface area (Å²) in [6.07, 6.45) is 4.04. The number of hydrogen-bond donors (Lipinski definition) is 2. The van der Waals surface area contributed by atoms with Crippen molar-refractivity contribution in [3.63, 3.8) is 0 Å². The summed E-state index contributed by atoms with van der Waals surface area (Å²) in [6.45, 7) is 11.9. The number of nitrogens with one attached hydrogen (secondary N) is 1. The van der Waals surface area contributed by atoms with Crippen molar-refractivity contribution in [2.75, 3.05) is 50.7 Å². The molecule has 2 saturated heterocycles. The number of benzene rings is 1. The lowest BCUT2D eigenvalue weighted by molar-refractivity contribution is 0.0950. The first-order chi connectivity index (χ1) is 15.5. The van der Waals surface area contributed by atoms with Gasteiger partial charge in [0.1, 0.15) is 0 Å². The zero-order valence-electron chi connectivity index (χ0n) is 19.3. The van der Waals surface area contributed by atoms with Gasteiger partial charge in [0.05, 0.1) is 5.56 Å². The Morgan fingerprint density at radius 2 is 1.88 bits per heavy atom. The fraction of sp³-hybridized carbons (Fsp3) is 0.520. The van der Waals surface area contributed by atoms with Crippen LogP contribution in [0.5, 0.6) is 5.75 Å². The van der Waals surface area contributed by atoms with Crippen LogP contribution >= 0.6 is 0 Å². The summed E-state index contributed by atoms with van der Waals surface area (Å²) in [5, 5.41) is 13.5. The molecule has 32 heavy (non-hydrogen) atoms. The molecule has 0 aliphatic carbocycles. The van der Waals surface area contributed by atoms with Crippen LogP contribution in [-0.2, 0) is 6.54 Å². The highest BCUT2D eigenvalue weighted by Gasteiger charge is 2.28. The third-order valence-electron chi connectivity index (χ3n) is 6.78. The van der Waals surface area contributed by atoms with Gasteiger partial charge in [-0.2, -0.15) is 0 Å². The second-order valence-electron chi connectivity index (χ2n) is 8.93. The molecule has 1 amide bonds. The highest BCUT2D eigenvalue weighted by molar-refractivity contribution is 5.94. The minimum atomic E-state index is -0.232. The lowest BCUT2D eigenvalue weighted by Crippen LogP contribution is -2.53. The Balaban J connectivity index is 1.30. The number of likely N-dealkylation sites (tertiary alicyclic amines) is 1. The summed E-state index contributed by atoms with van der Waals surface area (Å²) in [4.78, 5) is 24.2. The molecule has 0 radical (unpaired) electrons. The van der Waals surface area contributed by atoms with Crippen molar-refractivity contribution < 1.29 is 9.90 Å². The molecule has 2 aliphatic rings. The van der Waals surface area contributed by atoms with Gasteiger partial charge >= 0.3 is 0 Å². The maximum absolute atomic E-state index is 12.5. The van der Waals surface area contributed by atoms with Gasteiger partial charge in [0.25, 0.3) is 5.91 Å². The second kappa shape index (κ2) is 10.3. The molecule has 7 heteroatoms. The van der Waals surface area contributed by atoms with Gasteiger partial charge in [-0.05, 0) is 51.0 Å². The zero-order valence-corrected chi connectivity index (χ0v) is 19.3. The smallest absolute Gasteiger partial charge is 0.253 e. The SMILES string of the molecule is CCN1CCC(N2CCN(c3ncc(C(=O)NCc4cccc(C)c4)cc3O)CC2)CC1. The summed E-state index contributed by atoms with van der Waals surface area (Å²) >= 11 is 0. The van der Waals surface area contributed by atoms with Crippen molar-refractivity contribution >= 4 is 11.7 Å². The molecule has 3 heterocycles. The summed E-state index contributed by atoms with van der Waals surface area (Å²) < 4.78 is 0. The number of aromatic hydroxyl groups is 1. The number of rotatable bonds is 6. The molecular weight excluding hydrogens is 402 g/mol.